The monoisotopic (exact) mass is 186 g/mol. The molecule has 0 aromatic heterocycles. The minimum absolute atomic E-state index is 0.223. The Kier molecular flexibility index (Phi) is 4.39. The Balaban J connectivity index is 2.44. The van der Waals surface area contributed by atoms with Gasteiger partial charge in [-0.1, -0.05) is 6.92 Å². The molecule has 76 valence electrons. The molecular formula is C10H18O3. The molecule has 0 aliphatic carbocycles. The van der Waals surface area contributed by atoms with E-state index in [-0.39, 0.29) is 17.8 Å². The maximum atomic E-state index is 11.6. The van der Waals surface area contributed by atoms with Crippen molar-refractivity contribution in [1.29, 1.82) is 0 Å². The van der Waals surface area contributed by atoms with Crippen LogP contribution in [0, 0.1) is 5.92 Å². The highest BCUT2D eigenvalue weighted by Gasteiger charge is 2.30. The molecule has 0 bridgehead atoms. The van der Waals surface area contributed by atoms with Gasteiger partial charge < -0.3 is 9.47 Å². The second-order valence-corrected chi connectivity index (χ2v) is 3.50. The van der Waals surface area contributed by atoms with Gasteiger partial charge in [0.05, 0.1) is 6.61 Å². The first kappa shape index (κ1) is 10.7. The normalized spacial score (nSPS) is 24.6. The summed E-state index contributed by atoms with van der Waals surface area (Å²) in [7, 11) is 1.61. The summed E-state index contributed by atoms with van der Waals surface area (Å²) in [5.41, 5.74) is 0. The van der Waals surface area contributed by atoms with Gasteiger partial charge in [-0.3, -0.25) is 4.79 Å². The second kappa shape index (κ2) is 5.35. The van der Waals surface area contributed by atoms with Crippen molar-refractivity contribution in [2.24, 2.45) is 5.92 Å². The summed E-state index contributed by atoms with van der Waals surface area (Å²) >= 11 is 0. The molecule has 0 amide bonds. The van der Waals surface area contributed by atoms with Crippen LogP contribution in [0.5, 0.6) is 0 Å². The van der Waals surface area contributed by atoms with Gasteiger partial charge in [0.1, 0.15) is 6.10 Å². The molecule has 1 fully saturated rings. The molecule has 0 N–H and O–H groups in total. The van der Waals surface area contributed by atoms with E-state index in [0.717, 1.165) is 19.4 Å². The minimum Gasteiger partial charge on any atom is -0.381 e. The molecule has 2 unspecified atom stereocenters. The van der Waals surface area contributed by atoms with E-state index in [0.29, 0.717) is 13.0 Å². The number of Topliss-reactive ketones (excluding diaryl/α,β-unsaturated/α-hetero) is 1. The SMILES string of the molecule is CCCC(=O)C(OC)C1CCOC1. The smallest absolute Gasteiger partial charge is 0.161 e. The number of ketones is 1. The first-order chi connectivity index (χ1) is 6.29. The lowest BCUT2D eigenvalue weighted by molar-refractivity contribution is -0.132. The van der Waals surface area contributed by atoms with E-state index < -0.39 is 0 Å². The standard InChI is InChI=1S/C10H18O3/c1-3-4-9(11)10(12-2)8-5-6-13-7-8/h8,10H,3-7H2,1-2H3. The van der Waals surface area contributed by atoms with Crippen LogP contribution >= 0.6 is 0 Å². The molecule has 1 rings (SSSR count). The van der Waals surface area contributed by atoms with Crippen molar-refractivity contribution in [2.45, 2.75) is 32.3 Å². The Hall–Kier alpha value is -0.410. The van der Waals surface area contributed by atoms with Crippen LogP contribution in [0.15, 0.2) is 0 Å². The van der Waals surface area contributed by atoms with Crippen LogP contribution in [-0.4, -0.2) is 32.2 Å². The first-order valence-corrected chi connectivity index (χ1v) is 4.92. The van der Waals surface area contributed by atoms with Crippen LogP contribution in [0.4, 0.5) is 0 Å². The Morgan fingerprint density at radius 3 is 2.92 bits per heavy atom. The van der Waals surface area contributed by atoms with Crippen molar-refractivity contribution < 1.29 is 14.3 Å². The maximum absolute atomic E-state index is 11.6. The molecular weight excluding hydrogens is 168 g/mol. The van der Waals surface area contributed by atoms with Crippen LogP contribution in [0.3, 0.4) is 0 Å². The van der Waals surface area contributed by atoms with E-state index in [4.69, 9.17) is 9.47 Å². The number of carbonyl (C=O) groups is 1. The average molecular weight is 186 g/mol. The van der Waals surface area contributed by atoms with E-state index in [1.54, 1.807) is 7.11 Å². The Labute approximate surface area is 79.4 Å². The molecule has 0 spiro atoms. The molecule has 0 saturated carbocycles. The van der Waals surface area contributed by atoms with Gasteiger partial charge in [-0.05, 0) is 12.8 Å². The zero-order valence-corrected chi connectivity index (χ0v) is 8.41. The molecule has 13 heavy (non-hydrogen) atoms. The largest absolute Gasteiger partial charge is 0.381 e. The Morgan fingerprint density at radius 1 is 1.69 bits per heavy atom. The van der Waals surface area contributed by atoms with Crippen molar-refractivity contribution >= 4 is 5.78 Å². The lowest BCUT2D eigenvalue weighted by atomic mass is 9.96. The number of rotatable bonds is 5. The predicted octanol–water partition coefficient (Wildman–Crippen LogP) is 1.41. The lowest BCUT2D eigenvalue weighted by Gasteiger charge is -2.18. The zero-order valence-electron chi connectivity index (χ0n) is 8.41. The van der Waals surface area contributed by atoms with Crippen molar-refractivity contribution in [3.05, 3.63) is 0 Å². The summed E-state index contributed by atoms with van der Waals surface area (Å²) in [5.74, 6) is 0.504. The fourth-order valence-electron chi connectivity index (χ4n) is 1.77. The second-order valence-electron chi connectivity index (χ2n) is 3.50. The molecule has 1 aliphatic rings. The topological polar surface area (TPSA) is 35.5 Å². The summed E-state index contributed by atoms with van der Waals surface area (Å²) in [4.78, 5) is 11.6. The summed E-state index contributed by atoms with van der Waals surface area (Å²) in [6, 6.07) is 0. The summed E-state index contributed by atoms with van der Waals surface area (Å²) in [5, 5.41) is 0. The molecule has 3 nitrogen and oxygen atoms in total. The van der Waals surface area contributed by atoms with Gasteiger partial charge in [-0.2, -0.15) is 0 Å². The molecule has 1 aliphatic heterocycles. The van der Waals surface area contributed by atoms with Gasteiger partial charge >= 0.3 is 0 Å². The highest BCUT2D eigenvalue weighted by molar-refractivity contribution is 5.83. The third-order valence-corrected chi connectivity index (χ3v) is 2.46. The highest BCUT2D eigenvalue weighted by atomic mass is 16.5. The van der Waals surface area contributed by atoms with Crippen LogP contribution in [-0.2, 0) is 14.3 Å². The van der Waals surface area contributed by atoms with Crippen LogP contribution in [0.1, 0.15) is 26.2 Å². The van der Waals surface area contributed by atoms with E-state index in [2.05, 4.69) is 0 Å². The number of hydrogen-bond donors (Lipinski definition) is 0. The first-order valence-electron chi connectivity index (χ1n) is 4.92. The van der Waals surface area contributed by atoms with Crippen LogP contribution in [0.2, 0.25) is 0 Å². The van der Waals surface area contributed by atoms with Gasteiger partial charge in [0.15, 0.2) is 5.78 Å². The van der Waals surface area contributed by atoms with Crippen LogP contribution < -0.4 is 0 Å². The third-order valence-electron chi connectivity index (χ3n) is 2.46. The average Bonchev–Trinajstić information content (AvgIpc) is 2.59. The lowest BCUT2D eigenvalue weighted by Crippen LogP contribution is -2.31. The van der Waals surface area contributed by atoms with Crippen LogP contribution in [0.25, 0.3) is 0 Å². The molecule has 2 atom stereocenters. The number of carbonyl (C=O) groups excluding carboxylic acids is 1. The third kappa shape index (κ3) is 2.78. The molecule has 0 aromatic rings. The van der Waals surface area contributed by atoms with Gasteiger partial charge in [-0.25, -0.2) is 0 Å². The van der Waals surface area contributed by atoms with Crippen molar-refractivity contribution in [3.8, 4) is 0 Å². The van der Waals surface area contributed by atoms with Crippen molar-refractivity contribution in [3.63, 3.8) is 0 Å². The van der Waals surface area contributed by atoms with Gasteiger partial charge in [-0.15, -0.1) is 0 Å². The molecule has 0 radical (unpaired) electrons. The van der Waals surface area contributed by atoms with Crippen molar-refractivity contribution in [1.82, 2.24) is 0 Å². The summed E-state index contributed by atoms with van der Waals surface area (Å²) < 4.78 is 10.5. The number of methoxy groups -OCH3 is 1. The van der Waals surface area contributed by atoms with E-state index in [1.165, 1.54) is 0 Å². The van der Waals surface area contributed by atoms with Gasteiger partial charge in [0.25, 0.3) is 0 Å². The Bertz CT molecular complexity index is 162. The molecule has 1 heterocycles. The van der Waals surface area contributed by atoms with E-state index in [1.807, 2.05) is 6.92 Å². The maximum Gasteiger partial charge on any atom is 0.161 e. The summed E-state index contributed by atoms with van der Waals surface area (Å²) in [6.45, 7) is 3.45. The van der Waals surface area contributed by atoms with Gasteiger partial charge in [0, 0.05) is 26.1 Å². The number of hydrogen-bond acceptors (Lipinski definition) is 3. The minimum atomic E-state index is -0.234. The fourth-order valence-corrected chi connectivity index (χ4v) is 1.77. The quantitative estimate of drug-likeness (QED) is 0.651. The van der Waals surface area contributed by atoms with Gasteiger partial charge in [0.2, 0.25) is 0 Å². The highest BCUT2D eigenvalue weighted by Crippen LogP contribution is 2.20. The predicted molar refractivity (Wildman–Crippen MR) is 49.6 cm³/mol. The molecule has 0 aromatic carbocycles. The van der Waals surface area contributed by atoms with Crippen molar-refractivity contribution in [2.75, 3.05) is 20.3 Å². The zero-order chi connectivity index (χ0) is 9.68. The van der Waals surface area contributed by atoms with E-state index >= 15 is 0 Å². The fraction of sp³-hybridized carbons (Fsp3) is 0.900. The Morgan fingerprint density at radius 2 is 2.46 bits per heavy atom. The number of ether oxygens (including phenoxy) is 2. The molecule has 3 heteroatoms. The molecule has 1 saturated heterocycles. The van der Waals surface area contributed by atoms with E-state index in [9.17, 15) is 4.79 Å². The summed E-state index contributed by atoms with van der Waals surface area (Å²) in [6.07, 6.45) is 2.23.